The van der Waals surface area contributed by atoms with Crippen molar-refractivity contribution >= 4 is 5.97 Å². The first kappa shape index (κ1) is 13.4. The Labute approximate surface area is 84.0 Å². The van der Waals surface area contributed by atoms with E-state index in [1.165, 1.54) is 13.8 Å². The minimum Gasteiger partial charge on any atom is -0.436 e. The van der Waals surface area contributed by atoms with Crippen LogP contribution in [0.3, 0.4) is 0 Å². The number of carbonyl (C=O) groups excluding carboxylic acids is 1. The van der Waals surface area contributed by atoms with Crippen molar-refractivity contribution in [1.29, 1.82) is 0 Å². The standard InChI is InChI=1S/C9H18O5/c1-6(2)12-5-9(11)14-8(4)13-7(3)10/h6,8-9,11H,5H2,1-4H3/t8?,9-/m1/s1. The molecule has 0 heterocycles. The fourth-order valence-electron chi connectivity index (χ4n) is 0.797. The lowest BCUT2D eigenvalue weighted by Gasteiger charge is -2.18. The maximum atomic E-state index is 10.5. The SMILES string of the molecule is CC(=O)OC(C)O[C@@H](O)COC(C)C. The Kier molecular flexibility index (Phi) is 6.44. The molecule has 0 saturated carbocycles. The smallest absolute Gasteiger partial charge is 0.304 e. The van der Waals surface area contributed by atoms with Gasteiger partial charge < -0.3 is 19.3 Å². The zero-order chi connectivity index (χ0) is 11.1. The average molecular weight is 206 g/mol. The molecule has 1 unspecified atom stereocenters. The molecule has 5 nitrogen and oxygen atoms in total. The molecule has 1 N–H and O–H groups in total. The molecule has 0 aromatic rings. The Hall–Kier alpha value is -0.650. The van der Waals surface area contributed by atoms with Gasteiger partial charge in [-0.15, -0.1) is 0 Å². The van der Waals surface area contributed by atoms with E-state index in [0.29, 0.717) is 0 Å². The molecule has 0 spiro atoms. The van der Waals surface area contributed by atoms with Crippen LogP contribution < -0.4 is 0 Å². The molecule has 5 heteroatoms. The van der Waals surface area contributed by atoms with Crippen LogP contribution in [0.1, 0.15) is 27.7 Å². The molecular weight excluding hydrogens is 188 g/mol. The summed E-state index contributed by atoms with van der Waals surface area (Å²) in [4.78, 5) is 10.5. The zero-order valence-corrected chi connectivity index (χ0v) is 9.02. The van der Waals surface area contributed by atoms with Gasteiger partial charge in [-0.3, -0.25) is 4.79 Å². The molecule has 0 rings (SSSR count). The summed E-state index contributed by atoms with van der Waals surface area (Å²) in [6.07, 6.45) is -1.82. The first-order valence-electron chi connectivity index (χ1n) is 4.54. The molecular formula is C9H18O5. The summed E-state index contributed by atoms with van der Waals surface area (Å²) >= 11 is 0. The second kappa shape index (κ2) is 6.75. The zero-order valence-electron chi connectivity index (χ0n) is 9.02. The molecule has 2 atom stereocenters. The summed E-state index contributed by atoms with van der Waals surface area (Å²) in [5.41, 5.74) is 0. The van der Waals surface area contributed by atoms with E-state index < -0.39 is 18.5 Å². The maximum Gasteiger partial charge on any atom is 0.304 e. The highest BCUT2D eigenvalue weighted by atomic mass is 16.7. The summed E-state index contributed by atoms with van der Waals surface area (Å²) < 4.78 is 14.6. The monoisotopic (exact) mass is 206 g/mol. The number of aliphatic hydroxyl groups excluding tert-OH is 1. The van der Waals surface area contributed by atoms with Crippen LogP contribution in [-0.2, 0) is 19.0 Å². The Morgan fingerprint density at radius 2 is 1.93 bits per heavy atom. The lowest BCUT2D eigenvalue weighted by molar-refractivity contribution is -0.233. The number of esters is 1. The predicted octanol–water partition coefficient (Wildman–Crippen LogP) is 0.655. The van der Waals surface area contributed by atoms with Gasteiger partial charge in [0.25, 0.3) is 0 Å². The molecule has 14 heavy (non-hydrogen) atoms. The third-order valence-electron chi connectivity index (χ3n) is 1.25. The number of aliphatic hydroxyl groups is 1. The van der Waals surface area contributed by atoms with E-state index in [1.807, 2.05) is 13.8 Å². The van der Waals surface area contributed by atoms with Gasteiger partial charge in [0.15, 0.2) is 6.29 Å². The summed E-state index contributed by atoms with van der Waals surface area (Å²) in [5.74, 6) is -0.450. The van der Waals surface area contributed by atoms with Crippen molar-refractivity contribution in [2.24, 2.45) is 0 Å². The molecule has 0 bridgehead atoms. The van der Waals surface area contributed by atoms with Crippen molar-refractivity contribution in [1.82, 2.24) is 0 Å². The van der Waals surface area contributed by atoms with E-state index >= 15 is 0 Å². The second-order valence-electron chi connectivity index (χ2n) is 3.15. The van der Waals surface area contributed by atoms with E-state index in [9.17, 15) is 9.90 Å². The average Bonchev–Trinajstić information content (AvgIpc) is 1.98. The number of ether oxygens (including phenoxy) is 3. The minimum atomic E-state index is -1.08. The summed E-state index contributed by atoms with van der Waals surface area (Å²) in [7, 11) is 0. The fourth-order valence-corrected chi connectivity index (χ4v) is 0.797. The van der Waals surface area contributed by atoms with Gasteiger partial charge in [0.2, 0.25) is 6.29 Å². The molecule has 0 aliphatic heterocycles. The van der Waals surface area contributed by atoms with Crippen molar-refractivity contribution in [3.63, 3.8) is 0 Å². The van der Waals surface area contributed by atoms with Crippen molar-refractivity contribution in [3.8, 4) is 0 Å². The number of carbonyl (C=O) groups is 1. The maximum absolute atomic E-state index is 10.5. The lowest BCUT2D eigenvalue weighted by Crippen LogP contribution is -2.28. The Morgan fingerprint density at radius 3 is 2.36 bits per heavy atom. The van der Waals surface area contributed by atoms with Crippen LogP contribution in [0.4, 0.5) is 0 Å². The molecule has 0 aliphatic carbocycles. The van der Waals surface area contributed by atoms with Gasteiger partial charge in [-0.1, -0.05) is 0 Å². The summed E-state index contributed by atoms with van der Waals surface area (Å²) in [6.45, 7) is 6.56. The van der Waals surface area contributed by atoms with Crippen molar-refractivity contribution in [3.05, 3.63) is 0 Å². The molecule has 84 valence electrons. The van der Waals surface area contributed by atoms with Gasteiger partial charge in [0.1, 0.15) is 0 Å². The van der Waals surface area contributed by atoms with E-state index in [-0.39, 0.29) is 12.7 Å². The van der Waals surface area contributed by atoms with Crippen molar-refractivity contribution < 1.29 is 24.1 Å². The normalized spacial score (nSPS) is 15.3. The molecule has 0 aromatic heterocycles. The molecule has 0 amide bonds. The Bertz CT molecular complexity index is 169. The molecule has 0 aliphatic rings. The van der Waals surface area contributed by atoms with E-state index in [4.69, 9.17) is 9.47 Å². The molecule has 0 radical (unpaired) electrons. The highest BCUT2D eigenvalue weighted by molar-refractivity contribution is 5.65. The molecule has 0 saturated heterocycles. The van der Waals surface area contributed by atoms with Gasteiger partial charge >= 0.3 is 5.97 Å². The number of hydrogen-bond acceptors (Lipinski definition) is 5. The van der Waals surface area contributed by atoms with E-state index in [1.54, 1.807) is 0 Å². The third kappa shape index (κ3) is 7.97. The van der Waals surface area contributed by atoms with Gasteiger partial charge in [-0.05, 0) is 20.8 Å². The topological polar surface area (TPSA) is 65.0 Å². The van der Waals surface area contributed by atoms with Crippen LogP contribution in [0.2, 0.25) is 0 Å². The molecule has 0 fully saturated rings. The number of hydrogen-bond donors (Lipinski definition) is 1. The number of rotatable bonds is 6. The first-order valence-corrected chi connectivity index (χ1v) is 4.54. The predicted molar refractivity (Wildman–Crippen MR) is 49.4 cm³/mol. The summed E-state index contributed by atoms with van der Waals surface area (Å²) in [5, 5.41) is 9.24. The van der Waals surface area contributed by atoms with Crippen LogP contribution in [0, 0.1) is 0 Å². The second-order valence-corrected chi connectivity index (χ2v) is 3.15. The fraction of sp³-hybridized carbons (Fsp3) is 0.889. The van der Waals surface area contributed by atoms with Gasteiger partial charge in [0, 0.05) is 6.92 Å². The van der Waals surface area contributed by atoms with E-state index in [0.717, 1.165) is 0 Å². The van der Waals surface area contributed by atoms with Crippen LogP contribution >= 0.6 is 0 Å². The van der Waals surface area contributed by atoms with Crippen LogP contribution in [0.25, 0.3) is 0 Å². The quantitative estimate of drug-likeness (QED) is 0.510. The molecule has 0 aromatic carbocycles. The Morgan fingerprint density at radius 1 is 1.36 bits per heavy atom. The van der Waals surface area contributed by atoms with Crippen LogP contribution in [-0.4, -0.2) is 36.4 Å². The minimum absolute atomic E-state index is 0.0253. The van der Waals surface area contributed by atoms with Crippen LogP contribution in [0.15, 0.2) is 0 Å². The van der Waals surface area contributed by atoms with Crippen LogP contribution in [0.5, 0.6) is 0 Å². The highest BCUT2D eigenvalue weighted by Crippen LogP contribution is 2.00. The van der Waals surface area contributed by atoms with Gasteiger partial charge in [0.05, 0.1) is 12.7 Å². The third-order valence-corrected chi connectivity index (χ3v) is 1.25. The van der Waals surface area contributed by atoms with Crippen molar-refractivity contribution in [2.75, 3.05) is 6.61 Å². The largest absolute Gasteiger partial charge is 0.436 e. The lowest BCUT2D eigenvalue weighted by atomic mass is 10.5. The summed E-state index contributed by atoms with van der Waals surface area (Å²) in [6, 6.07) is 0. The van der Waals surface area contributed by atoms with Crippen molar-refractivity contribution in [2.45, 2.75) is 46.4 Å². The van der Waals surface area contributed by atoms with E-state index in [2.05, 4.69) is 4.74 Å². The van der Waals surface area contributed by atoms with Gasteiger partial charge in [-0.2, -0.15) is 0 Å². The Balaban J connectivity index is 3.59. The highest BCUT2D eigenvalue weighted by Gasteiger charge is 2.12. The first-order chi connectivity index (χ1) is 6.41. The van der Waals surface area contributed by atoms with Gasteiger partial charge in [-0.25, -0.2) is 0 Å².